The molecule has 1 rings (SSSR count). The normalized spacial score (nSPS) is 12.9. The van der Waals surface area contributed by atoms with Crippen molar-refractivity contribution in [2.45, 2.75) is 19.4 Å². The third-order valence-electron chi connectivity index (χ3n) is 2.98. The molecule has 0 fully saturated rings. The first-order chi connectivity index (χ1) is 8.63. The molecule has 0 bridgehead atoms. The number of hydrogen-bond acceptors (Lipinski definition) is 2. The molecule has 0 aliphatic carbocycles. The standard InChI is InChI=1S/C16H24N2/c1-5-9-14(2)17-13-16(18(3)4)12-15-10-7-6-8-11-15/h5-11,16-17H,2,12-13H2,1,3-4H3/b9-5+. The Labute approximate surface area is 111 Å². The molecule has 1 unspecified atom stereocenters. The Morgan fingerprint density at radius 1 is 1.33 bits per heavy atom. The first kappa shape index (κ1) is 14.5. The molecule has 2 heteroatoms. The molecule has 0 amide bonds. The number of likely N-dealkylation sites (N-methyl/N-ethyl adjacent to an activating group) is 1. The summed E-state index contributed by atoms with van der Waals surface area (Å²) in [7, 11) is 4.24. The zero-order valence-corrected chi connectivity index (χ0v) is 11.7. The van der Waals surface area contributed by atoms with Crippen LogP contribution in [-0.2, 0) is 6.42 Å². The van der Waals surface area contributed by atoms with E-state index in [1.54, 1.807) is 0 Å². The fraction of sp³-hybridized carbons (Fsp3) is 0.375. The molecular formula is C16H24N2. The Balaban J connectivity index is 2.53. The van der Waals surface area contributed by atoms with Gasteiger partial charge in [-0.15, -0.1) is 0 Å². The van der Waals surface area contributed by atoms with Crippen LogP contribution >= 0.6 is 0 Å². The van der Waals surface area contributed by atoms with Crippen LogP contribution in [0.2, 0.25) is 0 Å². The quantitative estimate of drug-likeness (QED) is 0.742. The van der Waals surface area contributed by atoms with E-state index in [-0.39, 0.29) is 0 Å². The third kappa shape index (κ3) is 5.19. The molecule has 98 valence electrons. The van der Waals surface area contributed by atoms with Crippen LogP contribution in [0.25, 0.3) is 0 Å². The van der Waals surface area contributed by atoms with Gasteiger partial charge in [0.1, 0.15) is 0 Å². The predicted octanol–water partition coefficient (Wildman–Crippen LogP) is 2.84. The van der Waals surface area contributed by atoms with Crippen molar-refractivity contribution in [1.82, 2.24) is 10.2 Å². The second kappa shape index (κ2) is 7.72. The lowest BCUT2D eigenvalue weighted by Crippen LogP contribution is -2.38. The van der Waals surface area contributed by atoms with Crippen LogP contribution < -0.4 is 5.32 Å². The lowest BCUT2D eigenvalue weighted by molar-refractivity contribution is 0.287. The maximum absolute atomic E-state index is 3.97. The molecule has 0 saturated heterocycles. The summed E-state index contributed by atoms with van der Waals surface area (Å²) < 4.78 is 0. The van der Waals surface area contributed by atoms with E-state index < -0.39 is 0 Å². The van der Waals surface area contributed by atoms with Crippen molar-refractivity contribution >= 4 is 0 Å². The van der Waals surface area contributed by atoms with Gasteiger partial charge in [0.2, 0.25) is 0 Å². The molecule has 0 spiro atoms. The fourth-order valence-corrected chi connectivity index (χ4v) is 1.83. The summed E-state index contributed by atoms with van der Waals surface area (Å²) in [5.74, 6) is 0. The summed E-state index contributed by atoms with van der Waals surface area (Å²) in [6.45, 7) is 6.87. The molecule has 1 atom stereocenters. The molecule has 0 radical (unpaired) electrons. The SMILES string of the molecule is C=C(/C=C/C)NCC(Cc1ccccc1)N(C)C. The molecule has 1 N–H and O–H groups in total. The minimum Gasteiger partial charge on any atom is -0.384 e. The highest BCUT2D eigenvalue weighted by molar-refractivity contribution is 5.17. The zero-order valence-electron chi connectivity index (χ0n) is 11.7. The Morgan fingerprint density at radius 3 is 2.56 bits per heavy atom. The number of allylic oxidation sites excluding steroid dienone is 2. The maximum atomic E-state index is 3.97. The van der Waals surface area contributed by atoms with Gasteiger partial charge in [-0.3, -0.25) is 0 Å². The van der Waals surface area contributed by atoms with E-state index in [9.17, 15) is 0 Å². The van der Waals surface area contributed by atoms with Crippen LogP contribution in [0.5, 0.6) is 0 Å². The number of hydrogen-bond donors (Lipinski definition) is 1. The monoisotopic (exact) mass is 244 g/mol. The maximum Gasteiger partial charge on any atom is 0.0306 e. The van der Waals surface area contributed by atoms with E-state index >= 15 is 0 Å². The van der Waals surface area contributed by atoms with Gasteiger partial charge in [0, 0.05) is 18.3 Å². The van der Waals surface area contributed by atoms with Gasteiger partial charge < -0.3 is 10.2 Å². The lowest BCUT2D eigenvalue weighted by Gasteiger charge is -2.25. The van der Waals surface area contributed by atoms with Gasteiger partial charge in [-0.05, 0) is 39.1 Å². The van der Waals surface area contributed by atoms with Crippen molar-refractivity contribution in [3.05, 3.63) is 60.3 Å². The van der Waals surface area contributed by atoms with E-state index in [4.69, 9.17) is 0 Å². The van der Waals surface area contributed by atoms with E-state index in [1.165, 1.54) is 5.56 Å². The van der Waals surface area contributed by atoms with Crippen LogP contribution in [0.3, 0.4) is 0 Å². The van der Waals surface area contributed by atoms with Crippen molar-refractivity contribution in [2.75, 3.05) is 20.6 Å². The van der Waals surface area contributed by atoms with Gasteiger partial charge in [-0.1, -0.05) is 43.0 Å². The van der Waals surface area contributed by atoms with Crippen LogP contribution in [0.4, 0.5) is 0 Å². The smallest absolute Gasteiger partial charge is 0.0306 e. The van der Waals surface area contributed by atoms with Crippen LogP contribution in [-0.4, -0.2) is 31.6 Å². The van der Waals surface area contributed by atoms with Gasteiger partial charge in [0.25, 0.3) is 0 Å². The molecule has 2 nitrogen and oxygen atoms in total. The van der Waals surface area contributed by atoms with Gasteiger partial charge in [-0.2, -0.15) is 0 Å². The van der Waals surface area contributed by atoms with Gasteiger partial charge in [0.15, 0.2) is 0 Å². The third-order valence-corrected chi connectivity index (χ3v) is 2.98. The Kier molecular flexibility index (Phi) is 6.23. The molecule has 1 aromatic carbocycles. The minimum absolute atomic E-state index is 0.467. The van der Waals surface area contributed by atoms with Gasteiger partial charge in [-0.25, -0.2) is 0 Å². The number of benzene rings is 1. The van der Waals surface area contributed by atoms with E-state index in [0.29, 0.717) is 6.04 Å². The summed E-state index contributed by atoms with van der Waals surface area (Å²) in [5, 5.41) is 3.36. The number of rotatable bonds is 7. The molecule has 0 aromatic heterocycles. The Morgan fingerprint density at radius 2 is 2.00 bits per heavy atom. The molecule has 1 aromatic rings. The molecule has 18 heavy (non-hydrogen) atoms. The summed E-state index contributed by atoms with van der Waals surface area (Å²) >= 11 is 0. The summed E-state index contributed by atoms with van der Waals surface area (Å²) in [5.41, 5.74) is 2.34. The average molecular weight is 244 g/mol. The average Bonchev–Trinajstić information content (AvgIpc) is 2.35. The van der Waals surface area contributed by atoms with Crippen molar-refractivity contribution in [3.8, 4) is 0 Å². The minimum atomic E-state index is 0.467. The second-order valence-corrected chi connectivity index (χ2v) is 4.71. The molecule has 0 heterocycles. The highest BCUT2D eigenvalue weighted by Gasteiger charge is 2.11. The van der Waals surface area contributed by atoms with Crippen molar-refractivity contribution < 1.29 is 0 Å². The Bertz CT molecular complexity index is 379. The fourth-order valence-electron chi connectivity index (χ4n) is 1.83. The van der Waals surface area contributed by atoms with Crippen molar-refractivity contribution in [2.24, 2.45) is 0 Å². The summed E-state index contributed by atoms with van der Waals surface area (Å²) in [6.07, 6.45) is 5.04. The highest BCUT2D eigenvalue weighted by atomic mass is 15.1. The van der Waals surface area contributed by atoms with E-state index in [2.05, 4.69) is 61.2 Å². The van der Waals surface area contributed by atoms with Crippen LogP contribution in [0.15, 0.2) is 54.8 Å². The van der Waals surface area contributed by atoms with Gasteiger partial charge >= 0.3 is 0 Å². The second-order valence-electron chi connectivity index (χ2n) is 4.71. The number of nitrogens with zero attached hydrogens (tertiary/aromatic N) is 1. The van der Waals surface area contributed by atoms with Crippen LogP contribution in [0, 0.1) is 0 Å². The zero-order chi connectivity index (χ0) is 13.4. The van der Waals surface area contributed by atoms with Crippen LogP contribution in [0.1, 0.15) is 12.5 Å². The predicted molar refractivity (Wildman–Crippen MR) is 79.6 cm³/mol. The topological polar surface area (TPSA) is 15.3 Å². The molecule has 0 aliphatic heterocycles. The van der Waals surface area contributed by atoms with Crippen molar-refractivity contribution in [3.63, 3.8) is 0 Å². The molecular weight excluding hydrogens is 220 g/mol. The Hall–Kier alpha value is -1.54. The van der Waals surface area contributed by atoms with Gasteiger partial charge in [0.05, 0.1) is 0 Å². The van der Waals surface area contributed by atoms with Crippen molar-refractivity contribution in [1.29, 1.82) is 0 Å². The molecule has 0 aliphatic rings. The van der Waals surface area contributed by atoms with E-state index in [0.717, 1.165) is 18.7 Å². The first-order valence-electron chi connectivity index (χ1n) is 6.39. The lowest BCUT2D eigenvalue weighted by atomic mass is 10.1. The summed E-state index contributed by atoms with van der Waals surface area (Å²) in [4.78, 5) is 2.25. The number of nitrogens with one attached hydrogen (secondary N) is 1. The first-order valence-corrected chi connectivity index (χ1v) is 6.39. The largest absolute Gasteiger partial charge is 0.384 e. The van der Waals surface area contributed by atoms with E-state index in [1.807, 2.05) is 19.1 Å². The summed E-state index contributed by atoms with van der Waals surface area (Å²) in [6, 6.07) is 11.1. The molecule has 0 saturated carbocycles. The highest BCUT2D eigenvalue weighted by Crippen LogP contribution is 2.06.